The highest BCUT2D eigenvalue weighted by atomic mass is 32.2. The van der Waals surface area contributed by atoms with Crippen LogP contribution in [0.4, 0.5) is 11.4 Å². The van der Waals surface area contributed by atoms with Crippen molar-refractivity contribution in [2.24, 2.45) is 0 Å². The number of hydrogen-bond donors (Lipinski definition) is 2. The van der Waals surface area contributed by atoms with E-state index in [9.17, 15) is 8.42 Å². The SMILES string of the molecule is COc1cc(N2C(=S)N[C@@H](c3ccccn3)[C@H]2c2cc(C)n(Cc3ccccc3)c2C)ccc1NS(C)(=O)=O. The molecule has 5 rings (SSSR count). The summed E-state index contributed by atoms with van der Waals surface area (Å²) in [7, 11) is -1.96. The van der Waals surface area contributed by atoms with Crippen molar-refractivity contribution in [1.29, 1.82) is 0 Å². The molecule has 1 aliphatic heterocycles. The molecule has 1 saturated heterocycles. The first-order valence-electron chi connectivity index (χ1n) is 12.5. The van der Waals surface area contributed by atoms with Crippen molar-refractivity contribution in [1.82, 2.24) is 14.9 Å². The van der Waals surface area contributed by atoms with Crippen molar-refractivity contribution >= 4 is 38.7 Å². The maximum absolute atomic E-state index is 11.9. The highest BCUT2D eigenvalue weighted by molar-refractivity contribution is 7.92. The molecule has 0 unspecified atom stereocenters. The van der Waals surface area contributed by atoms with Crippen LogP contribution >= 0.6 is 12.2 Å². The molecule has 2 aromatic carbocycles. The van der Waals surface area contributed by atoms with Crippen molar-refractivity contribution in [2.75, 3.05) is 23.0 Å². The number of benzene rings is 2. The summed E-state index contributed by atoms with van der Waals surface area (Å²) in [6.07, 6.45) is 2.89. The van der Waals surface area contributed by atoms with Crippen LogP contribution in [0.5, 0.6) is 5.75 Å². The van der Waals surface area contributed by atoms with Gasteiger partial charge in [-0.3, -0.25) is 9.71 Å². The Kier molecular flexibility index (Phi) is 7.33. The lowest BCUT2D eigenvalue weighted by atomic mass is 9.96. The van der Waals surface area contributed by atoms with Gasteiger partial charge in [0.1, 0.15) is 5.75 Å². The van der Waals surface area contributed by atoms with Crippen LogP contribution in [-0.2, 0) is 16.6 Å². The van der Waals surface area contributed by atoms with E-state index in [0.29, 0.717) is 16.5 Å². The van der Waals surface area contributed by atoms with Gasteiger partial charge in [-0.25, -0.2) is 8.42 Å². The van der Waals surface area contributed by atoms with Crippen molar-refractivity contribution in [3.8, 4) is 5.75 Å². The zero-order chi connectivity index (χ0) is 27.7. The lowest BCUT2D eigenvalue weighted by Crippen LogP contribution is -2.29. The van der Waals surface area contributed by atoms with Gasteiger partial charge in [-0.1, -0.05) is 36.4 Å². The molecule has 0 saturated carbocycles. The fourth-order valence-corrected chi connectivity index (χ4v) is 6.11. The summed E-state index contributed by atoms with van der Waals surface area (Å²) in [5.41, 5.74) is 6.66. The maximum atomic E-state index is 11.9. The zero-order valence-electron chi connectivity index (χ0n) is 22.3. The average molecular weight is 562 g/mol. The van der Waals surface area contributed by atoms with Crippen molar-refractivity contribution in [2.45, 2.75) is 32.5 Å². The highest BCUT2D eigenvalue weighted by Crippen LogP contribution is 2.44. The molecule has 2 atom stereocenters. The van der Waals surface area contributed by atoms with Crippen LogP contribution in [0.3, 0.4) is 0 Å². The number of hydrogen-bond acceptors (Lipinski definition) is 5. The summed E-state index contributed by atoms with van der Waals surface area (Å²) in [6, 6.07) is 23.4. The summed E-state index contributed by atoms with van der Waals surface area (Å²) in [5, 5.41) is 4.05. The zero-order valence-corrected chi connectivity index (χ0v) is 23.9. The molecule has 0 spiro atoms. The maximum Gasteiger partial charge on any atom is 0.229 e. The lowest BCUT2D eigenvalue weighted by Gasteiger charge is -2.29. The Hall–Kier alpha value is -3.89. The van der Waals surface area contributed by atoms with Gasteiger partial charge in [0.05, 0.1) is 36.8 Å². The van der Waals surface area contributed by atoms with Crippen LogP contribution in [0.1, 0.15) is 40.3 Å². The van der Waals surface area contributed by atoms with E-state index in [4.69, 9.17) is 17.0 Å². The van der Waals surface area contributed by atoms with Crippen LogP contribution in [-0.4, -0.2) is 36.4 Å². The molecule has 0 aliphatic carbocycles. The van der Waals surface area contributed by atoms with Crippen LogP contribution in [0.2, 0.25) is 0 Å². The molecule has 202 valence electrons. The minimum absolute atomic E-state index is 0.204. The number of methoxy groups -OCH3 is 1. The van der Waals surface area contributed by atoms with E-state index >= 15 is 0 Å². The summed E-state index contributed by atoms with van der Waals surface area (Å²) < 4.78 is 34.2. The van der Waals surface area contributed by atoms with Gasteiger partial charge in [-0.15, -0.1) is 0 Å². The summed E-state index contributed by atoms with van der Waals surface area (Å²) in [4.78, 5) is 6.72. The number of aryl methyl sites for hydroxylation is 1. The number of anilines is 2. The molecule has 4 aromatic rings. The minimum atomic E-state index is -3.48. The first kappa shape index (κ1) is 26.7. The van der Waals surface area contributed by atoms with Gasteiger partial charge < -0.3 is 19.5 Å². The summed E-state index contributed by atoms with van der Waals surface area (Å²) in [6.45, 7) is 5.02. The van der Waals surface area contributed by atoms with Crippen LogP contribution in [0.15, 0.2) is 79.0 Å². The number of aromatic nitrogens is 2. The first-order chi connectivity index (χ1) is 18.7. The molecule has 2 N–H and O–H groups in total. The fourth-order valence-electron chi connectivity index (χ4n) is 5.20. The third kappa shape index (κ3) is 5.48. The molecule has 39 heavy (non-hydrogen) atoms. The van der Waals surface area contributed by atoms with E-state index in [1.165, 1.54) is 12.7 Å². The normalized spacial score (nSPS) is 17.2. The molecule has 0 amide bonds. The van der Waals surface area contributed by atoms with E-state index in [-0.39, 0.29) is 12.1 Å². The number of sulfonamides is 1. The number of ether oxygens (including phenoxy) is 1. The Balaban J connectivity index is 1.62. The second-order valence-corrected chi connectivity index (χ2v) is 11.8. The number of nitrogens with one attached hydrogen (secondary N) is 2. The largest absolute Gasteiger partial charge is 0.494 e. The van der Waals surface area contributed by atoms with E-state index < -0.39 is 10.0 Å². The van der Waals surface area contributed by atoms with Gasteiger partial charge in [0.15, 0.2) is 5.11 Å². The van der Waals surface area contributed by atoms with E-state index in [1.807, 2.05) is 30.3 Å². The Morgan fingerprint density at radius 3 is 2.46 bits per heavy atom. The molecule has 8 nitrogen and oxygen atoms in total. The van der Waals surface area contributed by atoms with Crippen molar-refractivity contribution in [3.05, 3.63) is 107 Å². The quantitative estimate of drug-likeness (QED) is 0.289. The number of rotatable bonds is 8. The highest BCUT2D eigenvalue weighted by Gasteiger charge is 2.42. The van der Waals surface area contributed by atoms with Gasteiger partial charge in [-0.2, -0.15) is 0 Å². The van der Waals surface area contributed by atoms with Gasteiger partial charge >= 0.3 is 0 Å². The van der Waals surface area contributed by atoms with Gasteiger partial charge in [0, 0.05) is 35.9 Å². The average Bonchev–Trinajstić information content (AvgIpc) is 3.40. The fraction of sp³-hybridized carbons (Fsp3) is 0.241. The predicted octanol–water partition coefficient (Wildman–Crippen LogP) is 5.11. The standard InChI is InChI=1S/C29H31N5O3S2/c1-19-16-23(20(2)33(19)18-21-10-6-5-7-11-21)28-27(25-12-8-9-15-30-25)31-29(38)34(28)22-13-14-24(26(17-22)37-3)32-39(4,35)36/h5-17,27-28,32H,18H2,1-4H3,(H,31,38)/t27-,28+/m0/s1. The molecule has 10 heteroatoms. The second-order valence-electron chi connectivity index (χ2n) is 9.65. The number of thiocarbonyl (C=S) groups is 1. The van der Waals surface area contributed by atoms with Crippen molar-refractivity contribution < 1.29 is 13.2 Å². The minimum Gasteiger partial charge on any atom is -0.494 e. The van der Waals surface area contributed by atoms with Gasteiger partial charge in [0.2, 0.25) is 10.0 Å². The van der Waals surface area contributed by atoms with E-state index in [0.717, 1.165) is 41.1 Å². The molecule has 0 bridgehead atoms. The Bertz CT molecular complexity index is 1600. The van der Waals surface area contributed by atoms with Gasteiger partial charge in [-0.05, 0) is 67.5 Å². The molecular formula is C29H31N5O3S2. The Morgan fingerprint density at radius 2 is 1.79 bits per heavy atom. The molecule has 0 radical (unpaired) electrons. The van der Waals surface area contributed by atoms with E-state index in [2.05, 4.69) is 68.7 Å². The third-order valence-electron chi connectivity index (χ3n) is 6.97. The Morgan fingerprint density at radius 1 is 1.05 bits per heavy atom. The molecule has 2 aromatic heterocycles. The smallest absolute Gasteiger partial charge is 0.229 e. The second kappa shape index (κ2) is 10.7. The predicted molar refractivity (Wildman–Crippen MR) is 159 cm³/mol. The molecular weight excluding hydrogens is 530 g/mol. The third-order valence-corrected chi connectivity index (χ3v) is 7.88. The van der Waals surface area contributed by atoms with E-state index in [1.54, 1.807) is 18.3 Å². The summed E-state index contributed by atoms with van der Waals surface area (Å²) in [5.74, 6) is 0.398. The summed E-state index contributed by atoms with van der Waals surface area (Å²) >= 11 is 5.89. The molecule has 1 aliphatic rings. The van der Waals surface area contributed by atoms with Crippen LogP contribution in [0.25, 0.3) is 0 Å². The number of pyridine rings is 1. The van der Waals surface area contributed by atoms with Crippen LogP contribution < -0.4 is 19.7 Å². The monoisotopic (exact) mass is 561 g/mol. The van der Waals surface area contributed by atoms with Crippen LogP contribution in [0, 0.1) is 13.8 Å². The lowest BCUT2D eigenvalue weighted by molar-refractivity contribution is 0.417. The number of nitrogens with zero attached hydrogens (tertiary/aromatic N) is 3. The van der Waals surface area contributed by atoms with Gasteiger partial charge in [0.25, 0.3) is 0 Å². The first-order valence-corrected chi connectivity index (χ1v) is 14.8. The van der Waals surface area contributed by atoms with Crippen molar-refractivity contribution in [3.63, 3.8) is 0 Å². The molecule has 3 heterocycles. The molecule has 1 fully saturated rings. The topological polar surface area (TPSA) is 88.5 Å². The Labute approximate surface area is 234 Å².